The predicted molar refractivity (Wildman–Crippen MR) is 137 cm³/mol. The van der Waals surface area contributed by atoms with Crippen LogP contribution in [-0.4, -0.2) is 89.1 Å². The van der Waals surface area contributed by atoms with Gasteiger partial charge in [-0.3, -0.25) is 9.89 Å². The summed E-state index contributed by atoms with van der Waals surface area (Å²) < 4.78 is 11.2. The van der Waals surface area contributed by atoms with Crippen molar-refractivity contribution in [2.24, 2.45) is 10.9 Å². The monoisotopic (exact) mass is 563 g/mol. The molecule has 2 N–H and O–H groups in total. The Morgan fingerprint density at radius 3 is 2.74 bits per heavy atom. The Bertz CT molecular complexity index is 713. The number of ether oxygens (including phenoxy) is 2. The molecule has 0 bridgehead atoms. The topological polar surface area (TPSA) is 61.4 Å². The Balaban J connectivity index is 0.00000272. The van der Waals surface area contributed by atoms with Gasteiger partial charge in [0.05, 0.1) is 19.8 Å². The van der Waals surface area contributed by atoms with Crippen molar-refractivity contribution >= 4 is 47.2 Å². The summed E-state index contributed by atoms with van der Waals surface area (Å²) >= 11 is 6.16. The van der Waals surface area contributed by atoms with Gasteiger partial charge in [-0.25, -0.2) is 0 Å². The third-order valence-electron chi connectivity index (χ3n) is 6.43. The van der Waals surface area contributed by atoms with Crippen molar-refractivity contribution in [2.45, 2.75) is 24.9 Å². The van der Waals surface area contributed by atoms with Crippen molar-refractivity contribution in [1.82, 2.24) is 15.5 Å². The average molecular weight is 564 g/mol. The van der Waals surface area contributed by atoms with E-state index in [0.29, 0.717) is 18.0 Å². The summed E-state index contributed by atoms with van der Waals surface area (Å²) in [4.78, 5) is 9.42. The van der Waals surface area contributed by atoms with E-state index in [9.17, 15) is 0 Å². The zero-order chi connectivity index (χ0) is 20.8. The molecule has 0 spiro atoms. The van der Waals surface area contributed by atoms with Gasteiger partial charge >= 0.3 is 0 Å². The van der Waals surface area contributed by atoms with Crippen molar-refractivity contribution in [3.8, 4) is 0 Å². The van der Waals surface area contributed by atoms with Crippen LogP contribution in [0.1, 0.15) is 12.8 Å². The van der Waals surface area contributed by atoms with Gasteiger partial charge in [-0.15, -0.1) is 24.0 Å². The van der Waals surface area contributed by atoms with Gasteiger partial charge in [-0.1, -0.05) is 17.7 Å². The number of hydrogen-bond acceptors (Lipinski definition) is 5. The van der Waals surface area contributed by atoms with E-state index in [1.807, 2.05) is 25.2 Å². The molecule has 3 saturated heterocycles. The molecule has 3 atom stereocenters. The molecule has 0 saturated carbocycles. The second-order valence-corrected chi connectivity index (χ2v) is 8.78. The Labute approximate surface area is 207 Å². The second-order valence-electron chi connectivity index (χ2n) is 8.35. The number of benzene rings is 1. The van der Waals surface area contributed by atoms with Gasteiger partial charge in [0.15, 0.2) is 5.96 Å². The molecule has 3 heterocycles. The summed E-state index contributed by atoms with van der Waals surface area (Å²) in [6, 6.07) is 8.90. The van der Waals surface area contributed by atoms with E-state index in [-0.39, 0.29) is 24.0 Å². The summed E-state index contributed by atoms with van der Waals surface area (Å²) in [5.74, 6) is 1.45. The van der Waals surface area contributed by atoms with Gasteiger partial charge in [-0.2, -0.15) is 0 Å². The van der Waals surface area contributed by atoms with Gasteiger partial charge in [0.25, 0.3) is 0 Å². The molecule has 7 nitrogen and oxygen atoms in total. The van der Waals surface area contributed by atoms with E-state index in [1.54, 1.807) is 0 Å². The molecule has 0 aliphatic carbocycles. The minimum absolute atomic E-state index is 0. The van der Waals surface area contributed by atoms with Crippen molar-refractivity contribution in [3.63, 3.8) is 0 Å². The molecular formula is C22H35ClIN5O2. The molecule has 1 aromatic carbocycles. The number of hydrogen-bond donors (Lipinski definition) is 2. The minimum Gasteiger partial charge on any atom is -0.381 e. The smallest absolute Gasteiger partial charge is 0.191 e. The largest absolute Gasteiger partial charge is 0.381 e. The zero-order valence-electron chi connectivity index (χ0n) is 18.3. The molecule has 4 rings (SSSR count). The fraction of sp³-hybridized carbons (Fsp3) is 0.682. The van der Waals surface area contributed by atoms with Crippen molar-refractivity contribution in [2.75, 3.05) is 71.1 Å². The lowest BCUT2D eigenvalue weighted by Gasteiger charge is -2.37. The highest BCUT2D eigenvalue weighted by Crippen LogP contribution is 2.24. The van der Waals surface area contributed by atoms with Crippen molar-refractivity contribution in [1.29, 1.82) is 0 Å². The standard InChI is InChI=1S/C22H34ClN5O2.HI/c1-24-22(26-19-5-7-28(15-19)20-4-2-3-18(23)13-20)25-14-21(17-6-10-30-16-17)27-8-11-29-12-9-27;/h2-4,13,17,19,21H,5-12,14-16H2,1H3,(H2,24,25,26);1H. The number of guanidine groups is 1. The Morgan fingerprint density at radius 2 is 2.03 bits per heavy atom. The predicted octanol–water partition coefficient (Wildman–Crippen LogP) is 2.44. The van der Waals surface area contributed by atoms with Gasteiger partial charge in [0, 0.05) is 75.1 Å². The fourth-order valence-electron chi connectivity index (χ4n) is 4.73. The normalized spacial score (nSPS) is 25.9. The van der Waals surface area contributed by atoms with Crippen LogP contribution in [0.4, 0.5) is 5.69 Å². The lowest BCUT2D eigenvalue weighted by Crippen LogP contribution is -2.54. The Morgan fingerprint density at radius 1 is 1.19 bits per heavy atom. The van der Waals surface area contributed by atoms with Gasteiger partial charge < -0.3 is 25.0 Å². The van der Waals surface area contributed by atoms with Crippen LogP contribution in [-0.2, 0) is 9.47 Å². The van der Waals surface area contributed by atoms with Gasteiger partial charge in [-0.05, 0) is 31.0 Å². The van der Waals surface area contributed by atoms with E-state index >= 15 is 0 Å². The van der Waals surface area contributed by atoms with Crippen LogP contribution in [0.5, 0.6) is 0 Å². The first-order valence-corrected chi connectivity index (χ1v) is 11.5. The minimum atomic E-state index is 0. The maximum atomic E-state index is 6.16. The first-order chi connectivity index (χ1) is 14.7. The number of nitrogens with one attached hydrogen (secondary N) is 2. The molecule has 0 amide bonds. The molecule has 0 radical (unpaired) electrons. The zero-order valence-corrected chi connectivity index (χ0v) is 21.4. The van der Waals surface area contributed by atoms with Gasteiger partial charge in [0.2, 0.25) is 0 Å². The van der Waals surface area contributed by atoms with E-state index in [4.69, 9.17) is 21.1 Å². The number of morpholine rings is 1. The van der Waals surface area contributed by atoms with Crippen molar-refractivity contribution in [3.05, 3.63) is 29.3 Å². The highest BCUT2D eigenvalue weighted by Gasteiger charge is 2.32. The summed E-state index contributed by atoms with van der Waals surface area (Å²) in [6.45, 7) is 8.19. The van der Waals surface area contributed by atoms with Crippen molar-refractivity contribution < 1.29 is 9.47 Å². The summed E-state index contributed by atoms with van der Waals surface area (Å²) in [7, 11) is 1.85. The quantitative estimate of drug-likeness (QED) is 0.315. The van der Waals surface area contributed by atoms with Crippen LogP contribution in [0, 0.1) is 5.92 Å². The van der Waals surface area contributed by atoms with Crippen LogP contribution >= 0.6 is 35.6 Å². The fourth-order valence-corrected chi connectivity index (χ4v) is 4.92. The summed E-state index contributed by atoms with van der Waals surface area (Å²) in [5, 5.41) is 8.00. The molecular weight excluding hydrogens is 529 g/mol. The maximum absolute atomic E-state index is 6.16. The van der Waals surface area contributed by atoms with Crippen LogP contribution in [0.25, 0.3) is 0 Å². The molecule has 174 valence electrons. The Hall–Kier alpha value is -0.810. The Kier molecular flexibility index (Phi) is 9.96. The third-order valence-corrected chi connectivity index (χ3v) is 6.66. The number of anilines is 1. The molecule has 3 aliphatic heterocycles. The van der Waals surface area contributed by atoms with E-state index in [1.165, 1.54) is 5.69 Å². The summed E-state index contributed by atoms with van der Waals surface area (Å²) in [5.41, 5.74) is 1.18. The highest BCUT2D eigenvalue weighted by atomic mass is 127. The van der Waals surface area contributed by atoms with E-state index in [2.05, 4.69) is 31.5 Å². The number of rotatable bonds is 6. The van der Waals surface area contributed by atoms with Crippen LogP contribution in [0.15, 0.2) is 29.3 Å². The average Bonchev–Trinajstić information content (AvgIpc) is 3.46. The second kappa shape index (κ2) is 12.4. The molecule has 0 aromatic heterocycles. The number of halogens is 2. The molecule has 1 aromatic rings. The highest BCUT2D eigenvalue weighted by molar-refractivity contribution is 14.0. The van der Waals surface area contributed by atoms with Crippen LogP contribution < -0.4 is 15.5 Å². The molecule has 3 unspecified atom stereocenters. The summed E-state index contributed by atoms with van der Waals surface area (Å²) in [6.07, 6.45) is 2.21. The number of nitrogens with zero attached hydrogens (tertiary/aromatic N) is 3. The molecule has 9 heteroatoms. The molecule has 3 aliphatic rings. The lowest BCUT2D eigenvalue weighted by atomic mass is 9.97. The van der Waals surface area contributed by atoms with Gasteiger partial charge in [0.1, 0.15) is 0 Å². The van der Waals surface area contributed by atoms with E-state index < -0.39 is 0 Å². The first-order valence-electron chi connectivity index (χ1n) is 11.1. The van der Waals surface area contributed by atoms with Crippen LogP contribution in [0.2, 0.25) is 5.02 Å². The first kappa shape index (κ1) is 24.8. The maximum Gasteiger partial charge on any atom is 0.191 e. The molecule has 31 heavy (non-hydrogen) atoms. The third kappa shape index (κ3) is 6.83. The SMILES string of the molecule is CN=C(NCC(C1CCOC1)N1CCOCC1)NC1CCN(c2cccc(Cl)c2)C1.I. The van der Waals surface area contributed by atoms with Crippen LogP contribution in [0.3, 0.4) is 0 Å². The van der Waals surface area contributed by atoms with E-state index in [0.717, 1.165) is 83.0 Å². The lowest BCUT2D eigenvalue weighted by molar-refractivity contribution is 0.00246. The molecule has 3 fully saturated rings. The number of aliphatic imine (C=N–C) groups is 1.